The van der Waals surface area contributed by atoms with Crippen molar-refractivity contribution in [2.24, 2.45) is 5.73 Å². The van der Waals surface area contributed by atoms with Crippen molar-refractivity contribution in [3.8, 4) is 0 Å². The first kappa shape index (κ1) is 19.6. The molecule has 0 saturated carbocycles. The summed E-state index contributed by atoms with van der Waals surface area (Å²) in [5, 5.41) is 2.65. The molecule has 4 N–H and O–H groups in total. The van der Waals surface area contributed by atoms with Crippen LogP contribution in [0.1, 0.15) is 40.0 Å². The average Bonchev–Trinajstić information content (AvgIpc) is 3.21. The van der Waals surface area contributed by atoms with Crippen molar-refractivity contribution in [1.82, 2.24) is 9.88 Å². The van der Waals surface area contributed by atoms with Crippen molar-refractivity contribution in [2.75, 3.05) is 25.4 Å². The van der Waals surface area contributed by atoms with Gasteiger partial charge in [0.25, 0.3) is 5.91 Å². The van der Waals surface area contributed by atoms with Gasteiger partial charge in [-0.05, 0) is 49.1 Å². The van der Waals surface area contributed by atoms with Gasteiger partial charge in [0.15, 0.2) is 5.13 Å². The molecule has 2 aromatic carbocycles. The van der Waals surface area contributed by atoms with Gasteiger partial charge in [-0.15, -0.1) is 11.3 Å². The van der Waals surface area contributed by atoms with Gasteiger partial charge in [0.05, 0.1) is 5.69 Å². The normalized spacial score (nSPS) is 16.0. The molecular weight excluding hydrogens is 380 g/mol. The molecule has 1 amide bonds. The third-order valence-corrected chi connectivity index (χ3v) is 6.55. The Labute approximate surface area is 175 Å². The lowest BCUT2D eigenvalue weighted by Gasteiger charge is -2.41. The number of likely N-dealkylation sites (tertiary alicyclic amines) is 1. The van der Waals surface area contributed by atoms with Gasteiger partial charge in [-0.3, -0.25) is 4.79 Å². The highest BCUT2D eigenvalue weighted by molar-refractivity contribution is 7.13. The van der Waals surface area contributed by atoms with Crippen molar-refractivity contribution in [3.63, 3.8) is 0 Å². The molecular formula is C23H26N4OS. The molecule has 2 heterocycles. The highest BCUT2D eigenvalue weighted by atomic mass is 32.1. The zero-order valence-corrected chi connectivity index (χ0v) is 17.2. The first-order valence-corrected chi connectivity index (χ1v) is 10.9. The maximum Gasteiger partial charge on any atom is 0.253 e. The molecule has 4 rings (SSSR count). The van der Waals surface area contributed by atoms with Crippen molar-refractivity contribution in [1.29, 1.82) is 0 Å². The minimum Gasteiger partial charge on any atom is -0.375 e. The van der Waals surface area contributed by atoms with E-state index in [0.717, 1.165) is 36.1 Å². The SMILES string of the molecule is NCCc1ccc(C(=O)N2CCC(c3ccccc3)(c3csc(N)n3)CC2)cc1. The third-order valence-electron chi connectivity index (χ3n) is 5.88. The quantitative estimate of drug-likeness (QED) is 0.680. The molecule has 0 aliphatic carbocycles. The van der Waals surface area contributed by atoms with E-state index in [1.54, 1.807) is 0 Å². The van der Waals surface area contributed by atoms with Gasteiger partial charge in [0.1, 0.15) is 0 Å². The van der Waals surface area contributed by atoms with Crippen LogP contribution in [-0.4, -0.2) is 35.4 Å². The van der Waals surface area contributed by atoms with E-state index in [0.29, 0.717) is 24.8 Å². The van der Waals surface area contributed by atoms with E-state index in [1.807, 2.05) is 35.2 Å². The monoisotopic (exact) mass is 406 g/mol. The molecule has 1 aliphatic heterocycles. The molecule has 1 fully saturated rings. The van der Waals surface area contributed by atoms with Crippen LogP contribution in [0.5, 0.6) is 0 Å². The Balaban J connectivity index is 1.54. The summed E-state index contributed by atoms with van der Waals surface area (Å²) < 4.78 is 0. The number of benzene rings is 2. The van der Waals surface area contributed by atoms with E-state index >= 15 is 0 Å². The molecule has 1 aromatic heterocycles. The van der Waals surface area contributed by atoms with Gasteiger partial charge in [-0.25, -0.2) is 4.98 Å². The van der Waals surface area contributed by atoms with Crippen LogP contribution in [0, 0.1) is 0 Å². The lowest BCUT2D eigenvalue weighted by Crippen LogP contribution is -2.46. The maximum atomic E-state index is 13.0. The largest absolute Gasteiger partial charge is 0.375 e. The fraction of sp³-hybridized carbons (Fsp3) is 0.304. The Kier molecular flexibility index (Phi) is 5.65. The molecule has 1 saturated heterocycles. The summed E-state index contributed by atoms with van der Waals surface area (Å²) >= 11 is 1.48. The van der Waals surface area contributed by atoms with E-state index in [1.165, 1.54) is 16.9 Å². The third kappa shape index (κ3) is 3.91. The maximum absolute atomic E-state index is 13.0. The van der Waals surface area contributed by atoms with E-state index in [9.17, 15) is 4.79 Å². The lowest BCUT2D eigenvalue weighted by atomic mass is 9.70. The molecule has 0 atom stereocenters. The summed E-state index contributed by atoms with van der Waals surface area (Å²) in [6.07, 6.45) is 2.49. The van der Waals surface area contributed by atoms with Crippen molar-refractivity contribution >= 4 is 22.4 Å². The summed E-state index contributed by atoms with van der Waals surface area (Å²) in [5.41, 5.74) is 15.5. The van der Waals surface area contributed by atoms with Crippen LogP contribution < -0.4 is 11.5 Å². The summed E-state index contributed by atoms with van der Waals surface area (Å²) in [7, 11) is 0. The topological polar surface area (TPSA) is 85.2 Å². The summed E-state index contributed by atoms with van der Waals surface area (Å²) in [6.45, 7) is 1.99. The molecule has 1 aliphatic rings. The van der Waals surface area contributed by atoms with Gasteiger partial charge >= 0.3 is 0 Å². The zero-order valence-electron chi connectivity index (χ0n) is 16.4. The van der Waals surface area contributed by atoms with Crippen LogP contribution >= 0.6 is 11.3 Å². The molecule has 0 unspecified atom stereocenters. The minimum atomic E-state index is -0.197. The second-order valence-electron chi connectivity index (χ2n) is 7.55. The number of thiazole rings is 1. The first-order valence-electron chi connectivity index (χ1n) is 9.98. The molecule has 6 heteroatoms. The number of nitrogens with zero attached hydrogens (tertiary/aromatic N) is 2. The van der Waals surface area contributed by atoms with Crippen LogP contribution in [0.2, 0.25) is 0 Å². The lowest BCUT2D eigenvalue weighted by molar-refractivity contribution is 0.0684. The van der Waals surface area contributed by atoms with Crippen LogP contribution in [0.25, 0.3) is 0 Å². The number of piperidine rings is 1. The van der Waals surface area contributed by atoms with Crippen LogP contribution in [-0.2, 0) is 11.8 Å². The predicted octanol–water partition coefficient (Wildman–Crippen LogP) is 3.45. The standard InChI is InChI=1S/C23H26N4OS/c24-13-10-17-6-8-18(9-7-17)21(28)27-14-11-23(12-15-27,19-4-2-1-3-5-19)20-16-29-22(25)26-20/h1-9,16H,10-15,24H2,(H2,25,26). The number of carbonyl (C=O) groups is 1. The van der Waals surface area contributed by atoms with E-state index in [4.69, 9.17) is 11.5 Å². The van der Waals surface area contributed by atoms with Gasteiger partial charge in [0.2, 0.25) is 0 Å². The Morgan fingerprint density at radius 2 is 1.76 bits per heavy atom. The fourth-order valence-electron chi connectivity index (χ4n) is 4.21. The smallest absolute Gasteiger partial charge is 0.253 e. The first-order chi connectivity index (χ1) is 14.1. The highest BCUT2D eigenvalue weighted by Crippen LogP contribution is 2.42. The van der Waals surface area contributed by atoms with Gasteiger partial charge in [0, 0.05) is 29.4 Å². The highest BCUT2D eigenvalue weighted by Gasteiger charge is 2.40. The van der Waals surface area contributed by atoms with E-state index in [2.05, 4.69) is 34.6 Å². The van der Waals surface area contributed by atoms with Crippen molar-refractivity contribution < 1.29 is 4.79 Å². The number of carbonyl (C=O) groups excluding carboxylic acids is 1. The minimum absolute atomic E-state index is 0.0868. The number of aromatic nitrogens is 1. The van der Waals surface area contributed by atoms with Gasteiger partial charge in [-0.2, -0.15) is 0 Å². The summed E-state index contributed by atoms with van der Waals surface area (Å²) in [6, 6.07) is 18.3. The van der Waals surface area contributed by atoms with Gasteiger partial charge < -0.3 is 16.4 Å². The predicted molar refractivity (Wildman–Crippen MR) is 118 cm³/mol. The summed E-state index contributed by atoms with van der Waals surface area (Å²) in [4.78, 5) is 19.6. The van der Waals surface area contributed by atoms with Crippen LogP contribution in [0.4, 0.5) is 5.13 Å². The fourth-order valence-corrected chi connectivity index (χ4v) is 4.87. The van der Waals surface area contributed by atoms with E-state index in [-0.39, 0.29) is 11.3 Å². The molecule has 0 bridgehead atoms. The Hall–Kier alpha value is -2.70. The summed E-state index contributed by atoms with van der Waals surface area (Å²) in [5.74, 6) is 0.0868. The number of nitrogen functional groups attached to an aromatic ring is 1. The average molecular weight is 407 g/mol. The molecule has 29 heavy (non-hydrogen) atoms. The molecule has 0 spiro atoms. The number of nitrogens with two attached hydrogens (primary N) is 2. The molecule has 3 aromatic rings. The number of rotatable bonds is 5. The number of amides is 1. The van der Waals surface area contributed by atoms with Crippen molar-refractivity contribution in [3.05, 3.63) is 82.4 Å². The Morgan fingerprint density at radius 3 is 2.34 bits per heavy atom. The molecule has 150 valence electrons. The Bertz CT molecular complexity index is 960. The second kappa shape index (κ2) is 8.35. The van der Waals surface area contributed by atoms with E-state index < -0.39 is 0 Å². The molecule has 5 nitrogen and oxygen atoms in total. The number of hydrogen-bond donors (Lipinski definition) is 2. The Morgan fingerprint density at radius 1 is 1.07 bits per heavy atom. The second-order valence-corrected chi connectivity index (χ2v) is 8.44. The van der Waals surface area contributed by atoms with Crippen molar-refractivity contribution in [2.45, 2.75) is 24.7 Å². The zero-order chi connectivity index (χ0) is 20.3. The number of anilines is 1. The van der Waals surface area contributed by atoms with Gasteiger partial charge in [-0.1, -0.05) is 42.5 Å². The van der Waals surface area contributed by atoms with Crippen LogP contribution in [0.15, 0.2) is 60.0 Å². The molecule has 0 radical (unpaired) electrons. The number of hydrogen-bond acceptors (Lipinski definition) is 5. The van der Waals surface area contributed by atoms with Crippen LogP contribution in [0.3, 0.4) is 0 Å².